The highest BCUT2D eigenvalue weighted by molar-refractivity contribution is 5.77. The highest BCUT2D eigenvalue weighted by Crippen LogP contribution is 2.16. The molecule has 0 N–H and O–H groups in total. The summed E-state index contributed by atoms with van der Waals surface area (Å²) in [5.41, 5.74) is 2.49. The number of esters is 1. The summed E-state index contributed by atoms with van der Waals surface area (Å²) >= 11 is 0. The van der Waals surface area contributed by atoms with E-state index in [0.29, 0.717) is 32.7 Å². The summed E-state index contributed by atoms with van der Waals surface area (Å²) in [6.45, 7) is 5.97. The van der Waals surface area contributed by atoms with Crippen molar-refractivity contribution in [2.24, 2.45) is 0 Å². The Hall–Kier alpha value is -1.89. The van der Waals surface area contributed by atoms with Crippen LogP contribution in [0.5, 0.6) is 0 Å². The minimum atomic E-state index is -0.263. The Morgan fingerprint density at radius 2 is 1.95 bits per heavy atom. The van der Waals surface area contributed by atoms with Crippen molar-refractivity contribution in [3.05, 3.63) is 17.0 Å². The predicted molar refractivity (Wildman–Crippen MR) is 75.2 cm³/mol. The second kappa shape index (κ2) is 6.71. The standard InChI is InChI=1S/C14H21N3O4/c1-10-12(4-5-13(18)20-3)11(2)17(15-10)14(19)16-6-8-21-9-7-16/h4-9H2,1-3H3. The molecule has 2 rings (SSSR count). The van der Waals surface area contributed by atoms with Gasteiger partial charge < -0.3 is 14.4 Å². The first-order valence-electron chi connectivity index (χ1n) is 7.03. The number of amides is 1. The molecular formula is C14H21N3O4. The Balaban J connectivity index is 2.13. The Morgan fingerprint density at radius 3 is 2.57 bits per heavy atom. The zero-order valence-electron chi connectivity index (χ0n) is 12.7. The lowest BCUT2D eigenvalue weighted by atomic mass is 10.1. The topological polar surface area (TPSA) is 73.7 Å². The number of carbonyl (C=O) groups excluding carboxylic acids is 2. The van der Waals surface area contributed by atoms with Crippen LogP contribution in [0.4, 0.5) is 4.79 Å². The zero-order chi connectivity index (χ0) is 15.4. The molecule has 2 heterocycles. The largest absolute Gasteiger partial charge is 0.469 e. The number of carbonyl (C=O) groups is 2. The number of methoxy groups -OCH3 is 1. The van der Waals surface area contributed by atoms with Crippen molar-refractivity contribution in [2.75, 3.05) is 33.4 Å². The van der Waals surface area contributed by atoms with Gasteiger partial charge in [0.05, 0.1) is 26.0 Å². The molecule has 0 atom stereocenters. The summed E-state index contributed by atoms with van der Waals surface area (Å²) in [7, 11) is 1.37. The minimum Gasteiger partial charge on any atom is -0.469 e. The van der Waals surface area contributed by atoms with Crippen LogP contribution >= 0.6 is 0 Å². The Morgan fingerprint density at radius 1 is 1.29 bits per heavy atom. The molecule has 1 aliphatic heterocycles. The van der Waals surface area contributed by atoms with E-state index in [4.69, 9.17) is 4.74 Å². The van der Waals surface area contributed by atoms with E-state index >= 15 is 0 Å². The maximum absolute atomic E-state index is 12.5. The number of nitrogens with zero attached hydrogens (tertiary/aromatic N) is 3. The van der Waals surface area contributed by atoms with Gasteiger partial charge in [-0.1, -0.05) is 0 Å². The quantitative estimate of drug-likeness (QED) is 0.775. The number of aromatic nitrogens is 2. The van der Waals surface area contributed by atoms with E-state index in [1.807, 2.05) is 13.8 Å². The molecule has 0 aromatic carbocycles. The van der Waals surface area contributed by atoms with Crippen molar-refractivity contribution in [2.45, 2.75) is 26.7 Å². The van der Waals surface area contributed by atoms with Crippen LogP contribution in [0.3, 0.4) is 0 Å². The Kier molecular flexibility index (Phi) is 4.95. The minimum absolute atomic E-state index is 0.136. The molecule has 0 aliphatic carbocycles. The molecule has 0 saturated carbocycles. The predicted octanol–water partition coefficient (Wildman–Crippen LogP) is 0.906. The smallest absolute Gasteiger partial charge is 0.345 e. The van der Waals surface area contributed by atoms with Crippen molar-refractivity contribution in [1.82, 2.24) is 14.7 Å². The lowest BCUT2D eigenvalue weighted by molar-refractivity contribution is -0.140. The van der Waals surface area contributed by atoms with Gasteiger partial charge in [0, 0.05) is 25.2 Å². The van der Waals surface area contributed by atoms with E-state index in [-0.39, 0.29) is 18.4 Å². The normalized spacial score (nSPS) is 15.1. The molecule has 1 amide bonds. The number of hydrogen-bond acceptors (Lipinski definition) is 5. The highest BCUT2D eigenvalue weighted by Gasteiger charge is 2.23. The van der Waals surface area contributed by atoms with Gasteiger partial charge in [0.2, 0.25) is 0 Å². The second-order valence-corrected chi connectivity index (χ2v) is 5.02. The molecule has 7 heteroatoms. The van der Waals surface area contributed by atoms with E-state index < -0.39 is 0 Å². The molecule has 1 aromatic heterocycles. The summed E-state index contributed by atoms with van der Waals surface area (Å²) in [4.78, 5) is 25.4. The molecule has 21 heavy (non-hydrogen) atoms. The number of rotatable bonds is 3. The first-order valence-corrected chi connectivity index (χ1v) is 7.03. The van der Waals surface area contributed by atoms with Crippen LogP contribution in [-0.2, 0) is 20.7 Å². The van der Waals surface area contributed by atoms with Crippen molar-refractivity contribution < 1.29 is 19.1 Å². The SMILES string of the molecule is COC(=O)CCc1c(C)nn(C(=O)N2CCOCC2)c1C. The van der Waals surface area contributed by atoms with Gasteiger partial charge in [-0.15, -0.1) is 0 Å². The Bertz CT molecular complexity index is 533. The number of aryl methyl sites for hydroxylation is 1. The summed E-state index contributed by atoms with van der Waals surface area (Å²) in [5, 5.41) is 4.32. The van der Waals surface area contributed by atoms with Crippen LogP contribution in [0.2, 0.25) is 0 Å². The van der Waals surface area contributed by atoms with Gasteiger partial charge in [-0.25, -0.2) is 4.79 Å². The van der Waals surface area contributed by atoms with Gasteiger partial charge in [0.15, 0.2) is 0 Å². The average Bonchev–Trinajstić information content (AvgIpc) is 2.79. The lowest BCUT2D eigenvalue weighted by Crippen LogP contribution is -2.43. The van der Waals surface area contributed by atoms with Crippen LogP contribution < -0.4 is 0 Å². The van der Waals surface area contributed by atoms with E-state index in [1.165, 1.54) is 11.8 Å². The summed E-state index contributed by atoms with van der Waals surface area (Å²) in [6, 6.07) is -0.136. The van der Waals surface area contributed by atoms with E-state index in [0.717, 1.165) is 17.0 Å². The zero-order valence-corrected chi connectivity index (χ0v) is 12.7. The molecule has 1 fully saturated rings. The number of hydrogen-bond donors (Lipinski definition) is 0. The fourth-order valence-corrected chi connectivity index (χ4v) is 2.44. The van der Waals surface area contributed by atoms with Gasteiger partial charge in [0.1, 0.15) is 0 Å². The first-order chi connectivity index (χ1) is 10.0. The molecule has 0 bridgehead atoms. The van der Waals surface area contributed by atoms with Crippen LogP contribution in [0, 0.1) is 13.8 Å². The average molecular weight is 295 g/mol. The van der Waals surface area contributed by atoms with Crippen molar-refractivity contribution in [3.63, 3.8) is 0 Å². The molecule has 0 spiro atoms. The van der Waals surface area contributed by atoms with Crippen molar-refractivity contribution in [3.8, 4) is 0 Å². The second-order valence-electron chi connectivity index (χ2n) is 5.02. The first kappa shape index (κ1) is 15.5. The summed E-state index contributed by atoms with van der Waals surface area (Å²) in [5.74, 6) is -0.263. The molecule has 116 valence electrons. The highest BCUT2D eigenvalue weighted by atomic mass is 16.5. The molecule has 7 nitrogen and oxygen atoms in total. The summed E-state index contributed by atoms with van der Waals surface area (Å²) in [6.07, 6.45) is 0.816. The van der Waals surface area contributed by atoms with Gasteiger partial charge in [-0.3, -0.25) is 4.79 Å². The van der Waals surface area contributed by atoms with E-state index in [9.17, 15) is 9.59 Å². The summed E-state index contributed by atoms with van der Waals surface area (Å²) < 4.78 is 11.3. The number of morpholine rings is 1. The van der Waals surface area contributed by atoms with Gasteiger partial charge in [0.25, 0.3) is 0 Å². The van der Waals surface area contributed by atoms with Crippen molar-refractivity contribution >= 4 is 12.0 Å². The number of ether oxygens (including phenoxy) is 2. The van der Waals surface area contributed by atoms with Crippen molar-refractivity contribution in [1.29, 1.82) is 0 Å². The maximum Gasteiger partial charge on any atom is 0.345 e. The monoisotopic (exact) mass is 295 g/mol. The maximum atomic E-state index is 12.5. The van der Waals surface area contributed by atoms with Crippen LogP contribution in [-0.4, -0.2) is 60.1 Å². The van der Waals surface area contributed by atoms with Crippen LogP contribution in [0.1, 0.15) is 23.4 Å². The third kappa shape index (κ3) is 3.41. The van der Waals surface area contributed by atoms with Crippen LogP contribution in [0.15, 0.2) is 0 Å². The third-order valence-electron chi connectivity index (χ3n) is 3.71. The van der Waals surface area contributed by atoms with Gasteiger partial charge in [-0.2, -0.15) is 9.78 Å². The van der Waals surface area contributed by atoms with Crippen LogP contribution in [0.25, 0.3) is 0 Å². The van der Waals surface area contributed by atoms with Gasteiger partial charge >= 0.3 is 12.0 Å². The molecule has 1 saturated heterocycles. The molecule has 1 aromatic rings. The Labute approximate surface area is 123 Å². The molecule has 0 radical (unpaired) electrons. The van der Waals surface area contributed by atoms with E-state index in [1.54, 1.807) is 4.90 Å². The van der Waals surface area contributed by atoms with E-state index in [2.05, 4.69) is 9.84 Å². The molecule has 0 unspecified atom stereocenters. The lowest BCUT2D eigenvalue weighted by Gasteiger charge is -2.26. The van der Waals surface area contributed by atoms with Gasteiger partial charge in [-0.05, 0) is 25.8 Å². The molecule has 1 aliphatic rings. The third-order valence-corrected chi connectivity index (χ3v) is 3.71. The fraction of sp³-hybridized carbons (Fsp3) is 0.643. The fourth-order valence-electron chi connectivity index (χ4n) is 2.44. The molecular weight excluding hydrogens is 274 g/mol.